The fraction of sp³-hybridized carbons (Fsp3) is 0.500. The van der Waals surface area contributed by atoms with Gasteiger partial charge in [0.05, 0.1) is 18.1 Å². The van der Waals surface area contributed by atoms with E-state index in [9.17, 15) is 9.59 Å². The Morgan fingerprint density at radius 2 is 2.03 bits per heavy atom. The fourth-order valence-electron chi connectivity index (χ4n) is 4.86. The van der Waals surface area contributed by atoms with Crippen molar-refractivity contribution in [2.24, 2.45) is 5.92 Å². The number of para-hydroxylation sites is 1. The van der Waals surface area contributed by atoms with Gasteiger partial charge in [0, 0.05) is 42.7 Å². The maximum absolute atomic E-state index is 13.0. The molecule has 2 aliphatic heterocycles. The minimum atomic E-state index is -0.195. The van der Waals surface area contributed by atoms with E-state index in [1.54, 1.807) is 0 Å². The predicted molar refractivity (Wildman–Crippen MR) is 118 cm³/mol. The number of aromatic nitrogens is 1. The summed E-state index contributed by atoms with van der Waals surface area (Å²) in [5.74, 6) is -0.303. The molecule has 0 bridgehead atoms. The molecule has 1 aliphatic carbocycles. The van der Waals surface area contributed by atoms with Crippen molar-refractivity contribution < 1.29 is 19.1 Å². The first kappa shape index (κ1) is 20.4. The number of amides is 2. The van der Waals surface area contributed by atoms with Gasteiger partial charge in [0.1, 0.15) is 6.79 Å². The molecular weight excluding hydrogens is 416 g/mol. The molecule has 2 amide bonds. The van der Waals surface area contributed by atoms with Gasteiger partial charge < -0.3 is 25.1 Å². The van der Waals surface area contributed by atoms with Gasteiger partial charge in [-0.2, -0.15) is 0 Å². The number of carbonyl (C=O) groups is 2. The van der Waals surface area contributed by atoms with E-state index in [1.165, 1.54) is 15.8 Å². The Kier molecular flexibility index (Phi) is 5.64. The number of benzene rings is 1. The van der Waals surface area contributed by atoms with E-state index in [0.717, 1.165) is 11.9 Å². The number of thiocarbonyl (C=S) groups is 1. The zero-order chi connectivity index (χ0) is 21.4. The molecule has 1 aromatic heterocycles. The number of carbonyl (C=O) groups excluding carboxylic acids is 2. The molecule has 3 aliphatic rings. The van der Waals surface area contributed by atoms with E-state index in [1.807, 2.05) is 24.4 Å². The lowest BCUT2D eigenvalue weighted by Gasteiger charge is -2.44. The standard InChI is InChI=1S/C22H26N4O4S/c27-20(23-7-5-13-11-24-16-4-2-1-3-14(13)16)6-8-26-21(28)15-9-18-19(30-12-29-18)10-17(15)25-22(26)31/h1-4,11,15,17-19,24H,5-10,12H2,(H,23,27)(H,25,31). The largest absolute Gasteiger partial charge is 0.361 e. The van der Waals surface area contributed by atoms with Crippen molar-refractivity contribution in [1.29, 1.82) is 0 Å². The molecule has 2 saturated heterocycles. The van der Waals surface area contributed by atoms with Gasteiger partial charge in [-0.25, -0.2) is 0 Å². The third-order valence-corrected chi connectivity index (χ3v) is 6.87. The molecular formula is C22H26N4O4S. The van der Waals surface area contributed by atoms with Crippen LogP contribution in [0.25, 0.3) is 10.9 Å². The average molecular weight is 443 g/mol. The first-order valence-electron chi connectivity index (χ1n) is 10.8. The van der Waals surface area contributed by atoms with Crippen molar-refractivity contribution >= 4 is 40.0 Å². The van der Waals surface area contributed by atoms with Crippen LogP contribution in [0.15, 0.2) is 30.5 Å². The summed E-state index contributed by atoms with van der Waals surface area (Å²) in [5.41, 5.74) is 2.27. The molecule has 1 saturated carbocycles. The van der Waals surface area contributed by atoms with Crippen molar-refractivity contribution in [2.45, 2.75) is 43.9 Å². The van der Waals surface area contributed by atoms with Gasteiger partial charge in [-0.15, -0.1) is 0 Å². The molecule has 5 rings (SSSR count). The number of hydrogen-bond donors (Lipinski definition) is 3. The number of ether oxygens (including phenoxy) is 2. The summed E-state index contributed by atoms with van der Waals surface area (Å²) in [4.78, 5) is 30.2. The van der Waals surface area contributed by atoms with E-state index in [4.69, 9.17) is 21.7 Å². The highest BCUT2D eigenvalue weighted by molar-refractivity contribution is 7.80. The molecule has 164 valence electrons. The van der Waals surface area contributed by atoms with E-state index in [0.29, 0.717) is 24.5 Å². The van der Waals surface area contributed by atoms with Crippen LogP contribution in [0.5, 0.6) is 0 Å². The Balaban J connectivity index is 1.11. The van der Waals surface area contributed by atoms with Gasteiger partial charge in [0.2, 0.25) is 11.8 Å². The van der Waals surface area contributed by atoms with Crippen LogP contribution in [0.4, 0.5) is 0 Å². The number of nitrogens with zero attached hydrogens (tertiary/aromatic N) is 1. The smallest absolute Gasteiger partial charge is 0.234 e. The number of nitrogens with one attached hydrogen (secondary N) is 3. The van der Waals surface area contributed by atoms with Crippen molar-refractivity contribution in [1.82, 2.24) is 20.5 Å². The molecule has 0 spiro atoms. The summed E-state index contributed by atoms with van der Waals surface area (Å²) >= 11 is 5.42. The lowest BCUT2D eigenvalue weighted by Crippen LogP contribution is -2.63. The molecule has 3 heterocycles. The van der Waals surface area contributed by atoms with Gasteiger partial charge in [-0.3, -0.25) is 14.5 Å². The topological polar surface area (TPSA) is 95.7 Å². The van der Waals surface area contributed by atoms with Gasteiger partial charge in [-0.05, 0) is 43.1 Å². The molecule has 9 heteroatoms. The SMILES string of the molecule is O=C(CCN1C(=O)C2CC3OCOC3CC2NC1=S)NCCc1c[nH]c2ccccc12. The average Bonchev–Trinajstić information content (AvgIpc) is 3.39. The highest BCUT2D eigenvalue weighted by atomic mass is 32.1. The molecule has 8 nitrogen and oxygen atoms in total. The van der Waals surface area contributed by atoms with Crippen LogP contribution in [0.2, 0.25) is 0 Å². The van der Waals surface area contributed by atoms with Crippen molar-refractivity contribution in [3.05, 3.63) is 36.0 Å². The summed E-state index contributed by atoms with van der Waals surface area (Å²) in [5, 5.41) is 7.80. The van der Waals surface area contributed by atoms with Crippen LogP contribution < -0.4 is 10.6 Å². The summed E-state index contributed by atoms with van der Waals surface area (Å²) in [6.45, 7) is 1.11. The molecule has 4 atom stereocenters. The third-order valence-electron chi connectivity index (χ3n) is 6.53. The molecule has 4 unspecified atom stereocenters. The number of rotatable bonds is 6. The monoisotopic (exact) mass is 442 g/mol. The molecule has 31 heavy (non-hydrogen) atoms. The first-order valence-corrected chi connectivity index (χ1v) is 11.2. The molecule has 3 fully saturated rings. The van der Waals surface area contributed by atoms with Crippen LogP contribution in [0.1, 0.15) is 24.8 Å². The zero-order valence-electron chi connectivity index (χ0n) is 17.1. The van der Waals surface area contributed by atoms with Crippen molar-refractivity contribution in [2.75, 3.05) is 19.9 Å². The van der Waals surface area contributed by atoms with Crippen LogP contribution in [-0.4, -0.2) is 64.9 Å². The maximum Gasteiger partial charge on any atom is 0.234 e. The second-order valence-electron chi connectivity index (χ2n) is 8.36. The Morgan fingerprint density at radius 3 is 2.90 bits per heavy atom. The Labute approximate surface area is 185 Å². The Morgan fingerprint density at radius 1 is 1.23 bits per heavy atom. The van der Waals surface area contributed by atoms with Crippen LogP contribution >= 0.6 is 12.2 Å². The highest BCUT2D eigenvalue weighted by Gasteiger charge is 2.48. The van der Waals surface area contributed by atoms with Gasteiger partial charge in [0.25, 0.3) is 0 Å². The summed E-state index contributed by atoms with van der Waals surface area (Å²) in [6, 6.07) is 8.08. The van der Waals surface area contributed by atoms with E-state index < -0.39 is 0 Å². The minimum absolute atomic E-state index is 0.0192. The van der Waals surface area contributed by atoms with Crippen LogP contribution in [0, 0.1) is 5.92 Å². The van der Waals surface area contributed by atoms with Gasteiger partial charge in [-0.1, -0.05) is 18.2 Å². The predicted octanol–water partition coefficient (Wildman–Crippen LogP) is 1.45. The summed E-state index contributed by atoms with van der Waals surface area (Å²) in [7, 11) is 0. The van der Waals surface area contributed by atoms with E-state index in [-0.39, 0.29) is 55.7 Å². The summed E-state index contributed by atoms with van der Waals surface area (Å²) < 4.78 is 11.2. The zero-order valence-corrected chi connectivity index (χ0v) is 18.0. The lowest BCUT2D eigenvalue weighted by atomic mass is 9.79. The maximum atomic E-state index is 13.0. The molecule has 2 aromatic rings. The summed E-state index contributed by atoms with van der Waals surface area (Å²) in [6.07, 6.45) is 4.27. The van der Waals surface area contributed by atoms with Gasteiger partial charge in [0.15, 0.2) is 5.11 Å². The normalized spacial score (nSPS) is 27.7. The fourth-order valence-corrected chi connectivity index (χ4v) is 5.19. The quantitative estimate of drug-likeness (QED) is 0.586. The van der Waals surface area contributed by atoms with Crippen molar-refractivity contribution in [3.8, 4) is 0 Å². The van der Waals surface area contributed by atoms with E-state index >= 15 is 0 Å². The molecule has 0 radical (unpaired) electrons. The molecule has 3 N–H and O–H groups in total. The van der Waals surface area contributed by atoms with Crippen LogP contribution in [-0.2, 0) is 25.5 Å². The first-order chi connectivity index (χ1) is 15.1. The number of aromatic amines is 1. The van der Waals surface area contributed by atoms with Crippen LogP contribution in [0.3, 0.4) is 0 Å². The number of H-pyrrole nitrogens is 1. The second-order valence-corrected chi connectivity index (χ2v) is 8.75. The Bertz CT molecular complexity index is 1010. The van der Waals surface area contributed by atoms with Crippen molar-refractivity contribution in [3.63, 3.8) is 0 Å². The van der Waals surface area contributed by atoms with Gasteiger partial charge >= 0.3 is 0 Å². The minimum Gasteiger partial charge on any atom is -0.361 e. The number of fused-ring (bicyclic) bond motifs is 3. The highest BCUT2D eigenvalue weighted by Crippen LogP contribution is 2.35. The number of hydrogen-bond acceptors (Lipinski definition) is 5. The van der Waals surface area contributed by atoms with E-state index in [2.05, 4.69) is 21.7 Å². The second kappa shape index (κ2) is 8.57. The Hall–Kier alpha value is -2.49. The third kappa shape index (κ3) is 4.05. The molecule has 1 aromatic carbocycles. The lowest BCUT2D eigenvalue weighted by molar-refractivity contribution is -0.137.